The Morgan fingerprint density at radius 3 is 1.87 bits per heavy atom. The van der Waals surface area contributed by atoms with E-state index >= 15 is 0 Å². The summed E-state index contributed by atoms with van der Waals surface area (Å²) in [5.74, 6) is -0.782. The zero-order valence-electron chi connectivity index (χ0n) is 10.1. The summed E-state index contributed by atoms with van der Waals surface area (Å²) >= 11 is 0. The lowest BCUT2D eigenvalue weighted by Gasteiger charge is -2.13. The van der Waals surface area contributed by atoms with Gasteiger partial charge in [-0.15, -0.1) is 0 Å². The van der Waals surface area contributed by atoms with E-state index in [2.05, 4.69) is 13.1 Å². The van der Waals surface area contributed by atoms with Crippen LogP contribution in [0.15, 0.2) is 12.2 Å². The third kappa shape index (κ3) is 13.3. The maximum atomic E-state index is 9.60. The number of ether oxygens (including phenoxy) is 2. The lowest BCUT2D eigenvalue weighted by Crippen LogP contribution is -2.22. The molecule has 0 bridgehead atoms. The van der Waals surface area contributed by atoms with Gasteiger partial charge in [0, 0.05) is 18.8 Å². The molecule has 0 saturated heterocycles. The summed E-state index contributed by atoms with van der Waals surface area (Å²) < 4.78 is 10.5. The van der Waals surface area contributed by atoms with E-state index in [9.17, 15) is 4.79 Å². The molecule has 15 heavy (non-hydrogen) atoms. The molecule has 1 N–H and O–H groups in total. The van der Waals surface area contributed by atoms with Crippen molar-refractivity contribution in [1.82, 2.24) is 0 Å². The van der Waals surface area contributed by atoms with Crippen molar-refractivity contribution in [3.8, 4) is 0 Å². The zero-order chi connectivity index (χ0) is 12.3. The second-order valence-electron chi connectivity index (χ2n) is 2.83. The minimum Gasteiger partial charge on any atom is -0.478 e. The number of carboxylic acids is 1. The minimum atomic E-state index is -0.935. The first-order valence-corrected chi connectivity index (χ1v) is 7.34. The van der Waals surface area contributed by atoms with Crippen LogP contribution in [0, 0.1) is 0 Å². The maximum Gasteiger partial charge on any atom is 0.330 e. The van der Waals surface area contributed by atoms with Gasteiger partial charge in [-0.05, 0) is 20.8 Å². The molecule has 0 aliphatic rings. The molecule has 0 fully saturated rings. The van der Waals surface area contributed by atoms with Gasteiger partial charge in [0.25, 0.3) is 0 Å². The van der Waals surface area contributed by atoms with Crippen LogP contribution in [0.2, 0.25) is 6.55 Å². The van der Waals surface area contributed by atoms with Gasteiger partial charge < -0.3 is 14.6 Å². The van der Waals surface area contributed by atoms with E-state index in [0.29, 0.717) is 0 Å². The number of aliphatic carboxylic acids is 1. The molecule has 0 aromatic carbocycles. The van der Waals surface area contributed by atoms with Crippen LogP contribution in [0.5, 0.6) is 0 Å². The summed E-state index contributed by atoms with van der Waals surface area (Å²) in [6, 6.07) is 0. The summed E-state index contributed by atoms with van der Waals surface area (Å²) in [7, 11) is -0.138. The van der Waals surface area contributed by atoms with E-state index < -0.39 is 5.97 Å². The van der Waals surface area contributed by atoms with Crippen molar-refractivity contribution in [3.05, 3.63) is 12.2 Å². The van der Waals surface area contributed by atoms with E-state index in [4.69, 9.17) is 14.6 Å². The predicted molar refractivity (Wildman–Crippen MR) is 63.9 cm³/mol. The standard InChI is InChI=1S/C6H16O2Si.C4H6O2/c1-4-7-6(9-3)8-5-2;1-3(2)4(5)6/h6H,4-5,9H2,1-3H3;1H2,2H3,(H,5,6). The molecule has 0 heterocycles. The number of rotatable bonds is 6. The average molecular weight is 234 g/mol. The van der Waals surface area contributed by atoms with Crippen molar-refractivity contribution >= 4 is 15.5 Å². The quantitative estimate of drug-likeness (QED) is 0.426. The smallest absolute Gasteiger partial charge is 0.330 e. The second-order valence-corrected chi connectivity index (χ2v) is 4.32. The fourth-order valence-electron chi connectivity index (χ4n) is 0.656. The first-order chi connectivity index (χ1) is 6.99. The van der Waals surface area contributed by atoms with Crippen molar-refractivity contribution in [2.75, 3.05) is 13.2 Å². The highest BCUT2D eigenvalue weighted by molar-refractivity contribution is 6.34. The Hall–Kier alpha value is -0.653. The van der Waals surface area contributed by atoms with Crippen molar-refractivity contribution in [3.63, 3.8) is 0 Å². The molecule has 0 spiro atoms. The Bertz CT molecular complexity index is 164. The molecule has 0 rings (SSSR count). The van der Waals surface area contributed by atoms with Crippen molar-refractivity contribution in [1.29, 1.82) is 0 Å². The Kier molecular flexibility index (Phi) is 12.8. The fourth-order valence-corrected chi connectivity index (χ4v) is 1.60. The average Bonchev–Trinajstić information content (AvgIpc) is 2.18. The molecule has 0 aromatic heterocycles. The molecule has 0 amide bonds. The molecule has 0 aliphatic carbocycles. The molecule has 0 aliphatic heterocycles. The van der Waals surface area contributed by atoms with E-state index in [1.807, 2.05) is 13.8 Å². The van der Waals surface area contributed by atoms with Gasteiger partial charge in [-0.2, -0.15) is 0 Å². The highest BCUT2D eigenvalue weighted by Gasteiger charge is 2.01. The summed E-state index contributed by atoms with van der Waals surface area (Å²) in [4.78, 5) is 9.60. The molecule has 0 radical (unpaired) electrons. The lowest BCUT2D eigenvalue weighted by atomic mass is 10.4. The highest BCUT2D eigenvalue weighted by Crippen LogP contribution is 1.91. The third-order valence-electron chi connectivity index (χ3n) is 1.40. The molecule has 0 aromatic rings. The normalized spacial score (nSPS) is 10.2. The zero-order valence-corrected chi connectivity index (χ0v) is 11.5. The molecule has 90 valence electrons. The minimum absolute atomic E-state index is 0.138. The van der Waals surface area contributed by atoms with Crippen LogP contribution >= 0.6 is 0 Å². The molecule has 0 atom stereocenters. The van der Waals surface area contributed by atoms with Crippen molar-refractivity contribution in [2.45, 2.75) is 33.2 Å². The van der Waals surface area contributed by atoms with Crippen LogP contribution in [0.4, 0.5) is 0 Å². The predicted octanol–water partition coefficient (Wildman–Crippen LogP) is 1.21. The number of hydrogen-bond donors (Lipinski definition) is 1. The van der Waals surface area contributed by atoms with Crippen molar-refractivity contribution in [2.24, 2.45) is 0 Å². The van der Waals surface area contributed by atoms with Gasteiger partial charge in [0.15, 0.2) is 0 Å². The number of carboxylic acid groups (broad SMARTS) is 1. The van der Waals surface area contributed by atoms with Gasteiger partial charge in [0.05, 0.1) is 9.52 Å². The van der Waals surface area contributed by atoms with Crippen LogP contribution < -0.4 is 0 Å². The van der Waals surface area contributed by atoms with Gasteiger partial charge in [0.2, 0.25) is 0 Å². The third-order valence-corrected chi connectivity index (χ3v) is 2.54. The van der Waals surface area contributed by atoms with Crippen LogP contribution in [-0.2, 0) is 14.3 Å². The summed E-state index contributed by atoms with van der Waals surface area (Å²) in [5, 5.41) is 7.89. The van der Waals surface area contributed by atoms with E-state index in [1.54, 1.807) is 0 Å². The van der Waals surface area contributed by atoms with E-state index in [0.717, 1.165) is 13.2 Å². The van der Waals surface area contributed by atoms with Gasteiger partial charge in [0.1, 0.15) is 5.91 Å². The molecule has 0 saturated carbocycles. The first kappa shape index (κ1) is 16.8. The van der Waals surface area contributed by atoms with Gasteiger partial charge in [-0.3, -0.25) is 0 Å². The van der Waals surface area contributed by atoms with Gasteiger partial charge >= 0.3 is 5.97 Å². The molecule has 5 heteroatoms. The monoisotopic (exact) mass is 234 g/mol. The van der Waals surface area contributed by atoms with Gasteiger partial charge in [-0.1, -0.05) is 13.1 Å². The lowest BCUT2D eigenvalue weighted by molar-refractivity contribution is -0.132. The fraction of sp³-hybridized carbons (Fsp3) is 0.700. The van der Waals surface area contributed by atoms with Crippen LogP contribution in [-0.4, -0.2) is 39.7 Å². The highest BCUT2D eigenvalue weighted by atomic mass is 28.2. The Morgan fingerprint density at radius 2 is 1.73 bits per heavy atom. The maximum absolute atomic E-state index is 9.60. The van der Waals surface area contributed by atoms with E-state index in [1.165, 1.54) is 6.92 Å². The molecule has 0 unspecified atom stereocenters. The van der Waals surface area contributed by atoms with Gasteiger partial charge in [-0.25, -0.2) is 4.79 Å². The molecular formula is C10H22O4Si. The Labute approximate surface area is 94.1 Å². The summed E-state index contributed by atoms with van der Waals surface area (Å²) in [6.07, 6.45) is 0. The molecular weight excluding hydrogens is 212 g/mol. The molecule has 4 nitrogen and oxygen atoms in total. The van der Waals surface area contributed by atoms with Crippen LogP contribution in [0.1, 0.15) is 20.8 Å². The van der Waals surface area contributed by atoms with Crippen LogP contribution in [0.3, 0.4) is 0 Å². The Balaban J connectivity index is 0. The topological polar surface area (TPSA) is 55.8 Å². The SMILES string of the molecule is C=C(C)C(=O)O.CCOC(OCC)[SiH2]C. The van der Waals surface area contributed by atoms with Crippen LogP contribution in [0.25, 0.3) is 0 Å². The Morgan fingerprint density at radius 1 is 1.40 bits per heavy atom. The summed E-state index contributed by atoms with van der Waals surface area (Å²) in [5.41, 5.74) is 0.176. The summed E-state index contributed by atoms with van der Waals surface area (Å²) in [6.45, 7) is 12.3. The van der Waals surface area contributed by atoms with Crippen molar-refractivity contribution < 1.29 is 19.4 Å². The largest absolute Gasteiger partial charge is 0.478 e. The second kappa shape index (κ2) is 11.4. The number of carbonyl (C=O) groups is 1. The van der Waals surface area contributed by atoms with E-state index in [-0.39, 0.29) is 21.0 Å². The number of hydrogen-bond acceptors (Lipinski definition) is 3. The first-order valence-electron chi connectivity index (χ1n) is 5.11.